The molecular weight excluding hydrogens is 436 g/mol. The first-order chi connectivity index (χ1) is 16.2. The molecule has 0 amide bonds. The Balaban J connectivity index is 1.58. The molecule has 0 aliphatic heterocycles. The van der Waals surface area contributed by atoms with Gasteiger partial charge in [-0.05, 0) is 110 Å². The summed E-state index contributed by atoms with van der Waals surface area (Å²) >= 11 is 0. The number of carbonyl (C=O) groups excluding carboxylic acids is 1. The van der Waals surface area contributed by atoms with Crippen LogP contribution in [0.2, 0.25) is 0 Å². The molecule has 0 saturated heterocycles. The maximum absolute atomic E-state index is 13.1. The number of methoxy groups -OCH3 is 1. The van der Waals surface area contributed by atoms with Gasteiger partial charge < -0.3 is 14.9 Å². The summed E-state index contributed by atoms with van der Waals surface area (Å²) in [6.45, 7) is 16.8. The first-order valence-corrected chi connectivity index (χ1v) is 14.4. The molecular formula is C31H50O4. The van der Waals surface area contributed by atoms with Gasteiger partial charge in [-0.25, -0.2) is 0 Å². The quantitative estimate of drug-likeness (QED) is 0.363. The first kappa shape index (κ1) is 25.8. The largest absolute Gasteiger partial charge is 0.469 e. The normalized spacial score (nSPS) is 55.3. The maximum Gasteiger partial charge on any atom is 0.314 e. The molecule has 2 N–H and O–H groups in total. The van der Waals surface area contributed by atoms with Crippen molar-refractivity contribution in [3.8, 4) is 0 Å². The Kier molecular flexibility index (Phi) is 5.76. The van der Waals surface area contributed by atoms with E-state index in [1.165, 1.54) is 38.4 Å². The fourth-order valence-corrected chi connectivity index (χ4v) is 11.5. The van der Waals surface area contributed by atoms with E-state index in [0.717, 1.165) is 37.0 Å². The smallest absolute Gasteiger partial charge is 0.314 e. The number of fused-ring (bicyclic) bond motifs is 7. The van der Waals surface area contributed by atoms with Crippen LogP contribution in [0.15, 0.2) is 11.6 Å². The molecule has 0 aromatic carbocycles. The van der Waals surface area contributed by atoms with Crippen LogP contribution >= 0.6 is 0 Å². The van der Waals surface area contributed by atoms with Crippen molar-refractivity contribution in [2.75, 3.05) is 7.11 Å². The molecule has 35 heavy (non-hydrogen) atoms. The molecule has 5 rings (SSSR count). The van der Waals surface area contributed by atoms with Crippen LogP contribution in [-0.2, 0) is 9.53 Å². The molecule has 5 aliphatic rings. The molecule has 4 heteroatoms. The topological polar surface area (TPSA) is 66.8 Å². The Morgan fingerprint density at radius 3 is 2.26 bits per heavy atom. The summed E-state index contributed by atoms with van der Waals surface area (Å²) in [6, 6.07) is 0. The lowest BCUT2D eigenvalue weighted by molar-refractivity contribution is -0.208. The van der Waals surface area contributed by atoms with E-state index >= 15 is 0 Å². The van der Waals surface area contributed by atoms with Crippen molar-refractivity contribution in [1.29, 1.82) is 0 Å². The fourth-order valence-electron chi connectivity index (χ4n) is 11.5. The van der Waals surface area contributed by atoms with Gasteiger partial charge in [0.1, 0.15) is 0 Å². The SMILES string of the molecule is COC(=O)C1(C)C(O)C(O)CC2(C)C3=CCC4(C)C5CCC(C(C)C)C5(C)CCC4(C)C3CCC21. The highest BCUT2D eigenvalue weighted by Crippen LogP contribution is 2.76. The molecule has 0 heterocycles. The highest BCUT2D eigenvalue weighted by atomic mass is 16.5. The maximum atomic E-state index is 13.1. The van der Waals surface area contributed by atoms with Gasteiger partial charge in [0.05, 0.1) is 24.7 Å². The second kappa shape index (κ2) is 7.82. The van der Waals surface area contributed by atoms with Gasteiger partial charge in [-0.3, -0.25) is 4.79 Å². The van der Waals surface area contributed by atoms with Gasteiger partial charge in [0.25, 0.3) is 0 Å². The number of aliphatic hydroxyl groups excluding tert-OH is 2. The summed E-state index contributed by atoms with van der Waals surface area (Å²) in [5.41, 5.74) is 1.02. The molecule has 5 aliphatic carbocycles. The standard InChI is InChI=1S/C31H50O4/c1-18(2)19-9-11-23-27(19,3)15-16-29(5)21-10-12-24-28(4,20(21)13-14-30(23,29)6)17-22(32)25(33)31(24,7)26(34)35-8/h13,18-19,21-25,32-33H,9-12,14-17H2,1-8H3. The summed E-state index contributed by atoms with van der Waals surface area (Å²) in [6.07, 6.45) is 9.43. The van der Waals surface area contributed by atoms with E-state index in [0.29, 0.717) is 17.8 Å². The van der Waals surface area contributed by atoms with E-state index < -0.39 is 17.6 Å². The molecule has 0 aromatic rings. The van der Waals surface area contributed by atoms with Crippen LogP contribution in [0.25, 0.3) is 0 Å². The van der Waals surface area contributed by atoms with E-state index in [1.807, 2.05) is 6.92 Å². The first-order valence-electron chi connectivity index (χ1n) is 14.4. The number of ether oxygens (including phenoxy) is 1. The highest BCUT2D eigenvalue weighted by Gasteiger charge is 2.70. The van der Waals surface area contributed by atoms with Gasteiger partial charge in [-0.15, -0.1) is 0 Å². The minimum Gasteiger partial charge on any atom is -0.469 e. The molecule has 11 unspecified atom stereocenters. The number of aliphatic hydroxyl groups is 2. The third kappa shape index (κ3) is 2.96. The third-order valence-corrected chi connectivity index (χ3v) is 13.5. The lowest BCUT2D eigenvalue weighted by atomic mass is 9.35. The van der Waals surface area contributed by atoms with Crippen LogP contribution in [0.3, 0.4) is 0 Å². The molecule has 4 fully saturated rings. The number of allylic oxidation sites excluding steroid dienone is 2. The average Bonchev–Trinajstić information content (AvgIpc) is 3.16. The average molecular weight is 487 g/mol. The van der Waals surface area contributed by atoms with Crippen LogP contribution in [-0.4, -0.2) is 35.5 Å². The Labute approximate surface area is 213 Å². The van der Waals surface area contributed by atoms with Crippen molar-refractivity contribution >= 4 is 5.97 Å². The number of carbonyl (C=O) groups is 1. The third-order valence-electron chi connectivity index (χ3n) is 13.5. The number of hydrogen-bond acceptors (Lipinski definition) is 4. The molecule has 0 aromatic heterocycles. The zero-order valence-electron chi connectivity index (χ0n) is 23.5. The Morgan fingerprint density at radius 2 is 1.63 bits per heavy atom. The number of hydrogen-bond donors (Lipinski definition) is 2. The van der Waals surface area contributed by atoms with Gasteiger partial charge in [-0.2, -0.15) is 0 Å². The Bertz CT molecular complexity index is 925. The molecule has 0 bridgehead atoms. The Morgan fingerprint density at radius 1 is 0.971 bits per heavy atom. The zero-order valence-corrected chi connectivity index (χ0v) is 23.5. The summed E-state index contributed by atoms with van der Waals surface area (Å²) in [5.74, 6) is 2.39. The molecule has 0 radical (unpaired) electrons. The molecule has 4 nitrogen and oxygen atoms in total. The van der Waals surface area contributed by atoms with E-state index in [9.17, 15) is 15.0 Å². The lowest BCUT2D eigenvalue weighted by Gasteiger charge is -2.69. The van der Waals surface area contributed by atoms with Gasteiger partial charge in [0.2, 0.25) is 0 Å². The van der Waals surface area contributed by atoms with Crippen molar-refractivity contribution in [2.24, 2.45) is 56.7 Å². The predicted octanol–water partition coefficient (Wildman–Crippen LogP) is 6.15. The summed E-state index contributed by atoms with van der Waals surface area (Å²) in [4.78, 5) is 13.1. The van der Waals surface area contributed by atoms with Crippen LogP contribution < -0.4 is 0 Å². The number of rotatable bonds is 2. The van der Waals surface area contributed by atoms with E-state index in [2.05, 4.69) is 47.6 Å². The van der Waals surface area contributed by atoms with Crippen molar-refractivity contribution in [2.45, 2.75) is 112 Å². The summed E-state index contributed by atoms with van der Waals surface area (Å²) < 4.78 is 5.22. The predicted molar refractivity (Wildman–Crippen MR) is 138 cm³/mol. The van der Waals surface area contributed by atoms with Gasteiger partial charge in [-0.1, -0.05) is 53.2 Å². The van der Waals surface area contributed by atoms with Crippen LogP contribution in [0, 0.1) is 56.7 Å². The van der Waals surface area contributed by atoms with Crippen LogP contribution in [0.5, 0.6) is 0 Å². The molecule has 0 spiro atoms. The van der Waals surface area contributed by atoms with Crippen molar-refractivity contribution < 1.29 is 19.7 Å². The molecule has 11 atom stereocenters. The number of esters is 1. The van der Waals surface area contributed by atoms with Gasteiger partial charge in [0, 0.05) is 0 Å². The monoisotopic (exact) mass is 486 g/mol. The molecule has 198 valence electrons. The van der Waals surface area contributed by atoms with Gasteiger partial charge >= 0.3 is 5.97 Å². The van der Waals surface area contributed by atoms with Crippen molar-refractivity contribution in [1.82, 2.24) is 0 Å². The zero-order chi connectivity index (χ0) is 25.8. The lowest BCUT2D eigenvalue weighted by Crippen LogP contribution is -2.66. The van der Waals surface area contributed by atoms with Gasteiger partial charge in [0.15, 0.2) is 0 Å². The minimum atomic E-state index is -1.09. The molecule has 4 saturated carbocycles. The second-order valence-corrected chi connectivity index (χ2v) is 14.8. The van der Waals surface area contributed by atoms with Crippen molar-refractivity contribution in [3.63, 3.8) is 0 Å². The summed E-state index contributed by atoms with van der Waals surface area (Å²) in [7, 11) is 1.40. The van der Waals surface area contributed by atoms with E-state index in [-0.39, 0.29) is 28.1 Å². The summed E-state index contributed by atoms with van der Waals surface area (Å²) in [5, 5.41) is 22.1. The minimum absolute atomic E-state index is 0.0260. The van der Waals surface area contributed by atoms with E-state index in [4.69, 9.17) is 4.74 Å². The Hall–Kier alpha value is -0.870. The fraction of sp³-hybridized carbons (Fsp3) is 0.903. The highest BCUT2D eigenvalue weighted by molar-refractivity contribution is 5.78. The van der Waals surface area contributed by atoms with Crippen molar-refractivity contribution in [3.05, 3.63) is 11.6 Å². The van der Waals surface area contributed by atoms with E-state index in [1.54, 1.807) is 0 Å². The second-order valence-electron chi connectivity index (χ2n) is 14.8. The van der Waals surface area contributed by atoms with Crippen LogP contribution in [0.4, 0.5) is 0 Å². The van der Waals surface area contributed by atoms with Crippen LogP contribution in [0.1, 0.15) is 99.8 Å².